The van der Waals surface area contributed by atoms with Crippen molar-refractivity contribution in [3.05, 3.63) is 22.9 Å². The molecule has 1 atom stereocenters. The fraction of sp³-hybridized carbons (Fsp3) is 0.538. The van der Waals surface area contributed by atoms with Crippen LogP contribution in [0.15, 0.2) is 6.07 Å². The van der Waals surface area contributed by atoms with Gasteiger partial charge in [-0.3, -0.25) is 0 Å². The largest absolute Gasteiger partial charge is 0.478 e. The van der Waals surface area contributed by atoms with Crippen LogP contribution >= 0.6 is 0 Å². The molecular weight excluding hydrogens is 230 g/mol. The molecule has 1 fully saturated rings. The average molecular weight is 249 g/mol. The van der Waals surface area contributed by atoms with Crippen molar-refractivity contribution in [1.82, 2.24) is 4.98 Å². The Kier molecular flexibility index (Phi) is 3.52. The van der Waals surface area contributed by atoms with Crippen LogP contribution in [0, 0.1) is 19.8 Å². The van der Waals surface area contributed by atoms with E-state index in [4.69, 9.17) is 5.73 Å². The molecule has 1 aromatic rings. The molecule has 5 heteroatoms. The van der Waals surface area contributed by atoms with Crippen LogP contribution in [0.5, 0.6) is 0 Å². The number of rotatable bonds is 3. The van der Waals surface area contributed by atoms with Gasteiger partial charge >= 0.3 is 5.97 Å². The van der Waals surface area contributed by atoms with E-state index in [1.165, 1.54) is 0 Å². The highest BCUT2D eigenvalue weighted by Gasteiger charge is 2.27. The lowest BCUT2D eigenvalue weighted by Crippen LogP contribution is -2.26. The van der Waals surface area contributed by atoms with E-state index in [1.807, 2.05) is 24.8 Å². The van der Waals surface area contributed by atoms with Gasteiger partial charge in [0.2, 0.25) is 0 Å². The van der Waals surface area contributed by atoms with Gasteiger partial charge in [-0.1, -0.05) is 0 Å². The first kappa shape index (κ1) is 12.8. The molecule has 2 heterocycles. The lowest BCUT2D eigenvalue weighted by atomic mass is 10.1. The van der Waals surface area contributed by atoms with Crippen molar-refractivity contribution in [3.8, 4) is 0 Å². The average Bonchev–Trinajstić information content (AvgIpc) is 2.75. The number of carboxylic acid groups (broad SMARTS) is 1. The highest BCUT2D eigenvalue weighted by Crippen LogP contribution is 2.27. The number of carbonyl (C=O) groups is 1. The standard InChI is InChI=1S/C13H19N3O2/c1-8-5-9(2)15-12(11(8)13(17)18)16-4-3-10(6-14)7-16/h5,10H,3-4,6-7,14H2,1-2H3,(H,17,18). The monoisotopic (exact) mass is 249 g/mol. The molecule has 18 heavy (non-hydrogen) atoms. The number of nitrogens with two attached hydrogens (primary N) is 1. The Bertz CT molecular complexity index is 474. The topological polar surface area (TPSA) is 79.5 Å². The first-order valence-corrected chi connectivity index (χ1v) is 6.19. The van der Waals surface area contributed by atoms with E-state index in [9.17, 15) is 9.90 Å². The van der Waals surface area contributed by atoms with Crippen LogP contribution in [-0.2, 0) is 0 Å². The molecule has 98 valence electrons. The number of carboxylic acids is 1. The molecule has 0 saturated carbocycles. The van der Waals surface area contributed by atoms with Crippen molar-refractivity contribution >= 4 is 11.8 Å². The molecule has 0 spiro atoms. The Labute approximate surface area is 107 Å². The zero-order chi connectivity index (χ0) is 13.3. The Hall–Kier alpha value is -1.62. The van der Waals surface area contributed by atoms with Gasteiger partial charge < -0.3 is 15.7 Å². The number of aromatic carboxylic acids is 1. The SMILES string of the molecule is Cc1cc(C)c(C(=O)O)c(N2CCC(CN)C2)n1. The summed E-state index contributed by atoms with van der Waals surface area (Å²) in [5, 5.41) is 9.33. The maximum atomic E-state index is 11.4. The number of anilines is 1. The maximum absolute atomic E-state index is 11.4. The molecule has 0 amide bonds. The summed E-state index contributed by atoms with van der Waals surface area (Å²) >= 11 is 0. The molecule has 2 rings (SSSR count). The smallest absolute Gasteiger partial charge is 0.339 e. The summed E-state index contributed by atoms with van der Waals surface area (Å²) in [4.78, 5) is 17.8. The predicted molar refractivity (Wildman–Crippen MR) is 70.0 cm³/mol. The van der Waals surface area contributed by atoms with Gasteiger partial charge in [-0.05, 0) is 44.4 Å². The zero-order valence-electron chi connectivity index (χ0n) is 10.8. The molecule has 3 N–H and O–H groups in total. The van der Waals surface area contributed by atoms with Crippen LogP contribution in [0.3, 0.4) is 0 Å². The first-order valence-electron chi connectivity index (χ1n) is 6.19. The molecule has 5 nitrogen and oxygen atoms in total. The van der Waals surface area contributed by atoms with E-state index in [0.717, 1.165) is 30.8 Å². The van der Waals surface area contributed by atoms with Gasteiger partial charge in [0.05, 0.1) is 0 Å². The third-order valence-corrected chi connectivity index (χ3v) is 3.46. The Balaban J connectivity index is 2.40. The summed E-state index contributed by atoms with van der Waals surface area (Å²) in [6.07, 6.45) is 1.00. The number of hydrogen-bond acceptors (Lipinski definition) is 4. The van der Waals surface area contributed by atoms with E-state index in [2.05, 4.69) is 4.98 Å². The number of pyridine rings is 1. The van der Waals surface area contributed by atoms with Crippen molar-refractivity contribution in [1.29, 1.82) is 0 Å². The van der Waals surface area contributed by atoms with Gasteiger partial charge in [0, 0.05) is 18.8 Å². The molecule has 0 bridgehead atoms. The highest BCUT2D eigenvalue weighted by molar-refractivity contribution is 5.95. The summed E-state index contributed by atoms with van der Waals surface area (Å²) in [5.41, 5.74) is 7.60. The Morgan fingerprint density at radius 1 is 1.61 bits per heavy atom. The van der Waals surface area contributed by atoms with Crippen molar-refractivity contribution in [2.45, 2.75) is 20.3 Å². The normalized spacial score (nSPS) is 19.3. The fourth-order valence-electron chi connectivity index (χ4n) is 2.53. The summed E-state index contributed by atoms with van der Waals surface area (Å²) in [5.74, 6) is 0.122. The fourth-order valence-corrected chi connectivity index (χ4v) is 2.53. The molecule has 1 saturated heterocycles. The van der Waals surface area contributed by atoms with E-state index in [1.54, 1.807) is 0 Å². The molecule has 1 aromatic heterocycles. The van der Waals surface area contributed by atoms with Crippen LogP contribution in [0.1, 0.15) is 28.0 Å². The third-order valence-electron chi connectivity index (χ3n) is 3.46. The minimum absolute atomic E-state index is 0.318. The number of hydrogen-bond donors (Lipinski definition) is 2. The lowest BCUT2D eigenvalue weighted by Gasteiger charge is -2.21. The Morgan fingerprint density at radius 2 is 2.33 bits per heavy atom. The van der Waals surface area contributed by atoms with Crippen molar-refractivity contribution in [2.75, 3.05) is 24.5 Å². The highest BCUT2D eigenvalue weighted by atomic mass is 16.4. The minimum Gasteiger partial charge on any atom is -0.478 e. The van der Waals surface area contributed by atoms with Crippen LogP contribution in [-0.4, -0.2) is 35.7 Å². The predicted octanol–water partition coefficient (Wildman–Crippen LogP) is 1.18. The second-order valence-electron chi connectivity index (χ2n) is 4.92. The third kappa shape index (κ3) is 2.31. The molecule has 1 aliphatic rings. The van der Waals surface area contributed by atoms with Crippen LogP contribution in [0.25, 0.3) is 0 Å². The van der Waals surface area contributed by atoms with E-state index >= 15 is 0 Å². The van der Waals surface area contributed by atoms with Gasteiger partial charge in [0.25, 0.3) is 0 Å². The van der Waals surface area contributed by atoms with E-state index < -0.39 is 5.97 Å². The van der Waals surface area contributed by atoms with Gasteiger partial charge in [-0.25, -0.2) is 9.78 Å². The van der Waals surface area contributed by atoms with Crippen molar-refractivity contribution < 1.29 is 9.90 Å². The van der Waals surface area contributed by atoms with Crippen LogP contribution in [0.2, 0.25) is 0 Å². The number of aromatic nitrogens is 1. The number of aryl methyl sites for hydroxylation is 2. The lowest BCUT2D eigenvalue weighted by molar-refractivity contribution is 0.0696. The van der Waals surface area contributed by atoms with Gasteiger partial charge in [0.1, 0.15) is 11.4 Å². The second kappa shape index (κ2) is 4.94. The van der Waals surface area contributed by atoms with E-state index in [0.29, 0.717) is 23.8 Å². The van der Waals surface area contributed by atoms with Gasteiger partial charge in [0.15, 0.2) is 0 Å². The van der Waals surface area contributed by atoms with Gasteiger partial charge in [-0.15, -0.1) is 0 Å². The molecule has 1 aliphatic heterocycles. The summed E-state index contributed by atoms with van der Waals surface area (Å²) in [6, 6.07) is 1.81. The molecule has 1 unspecified atom stereocenters. The summed E-state index contributed by atoms with van der Waals surface area (Å²) in [7, 11) is 0. The van der Waals surface area contributed by atoms with Gasteiger partial charge in [-0.2, -0.15) is 0 Å². The minimum atomic E-state index is -0.911. The quantitative estimate of drug-likeness (QED) is 0.841. The Morgan fingerprint density at radius 3 is 2.89 bits per heavy atom. The second-order valence-corrected chi connectivity index (χ2v) is 4.92. The molecular formula is C13H19N3O2. The van der Waals surface area contributed by atoms with Crippen LogP contribution in [0.4, 0.5) is 5.82 Å². The molecule has 0 radical (unpaired) electrons. The van der Waals surface area contributed by atoms with Crippen molar-refractivity contribution in [3.63, 3.8) is 0 Å². The van der Waals surface area contributed by atoms with Crippen molar-refractivity contribution in [2.24, 2.45) is 11.7 Å². The first-order chi connectivity index (χ1) is 8.52. The maximum Gasteiger partial charge on any atom is 0.339 e. The molecule has 0 aliphatic carbocycles. The van der Waals surface area contributed by atoms with E-state index in [-0.39, 0.29) is 0 Å². The summed E-state index contributed by atoms with van der Waals surface area (Å²) in [6.45, 7) is 5.98. The summed E-state index contributed by atoms with van der Waals surface area (Å²) < 4.78 is 0. The number of nitrogens with zero attached hydrogens (tertiary/aromatic N) is 2. The van der Waals surface area contributed by atoms with Crippen LogP contribution < -0.4 is 10.6 Å². The zero-order valence-corrected chi connectivity index (χ0v) is 10.8. The molecule has 0 aromatic carbocycles.